The van der Waals surface area contributed by atoms with E-state index in [1.165, 1.54) is 57.1 Å². The van der Waals surface area contributed by atoms with Gasteiger partial charge in [0.25, 0.3) is 0 Å². The Labute approximate surface area is 113 Å². The molecule has 102 valence electrons. The molecule has 1 aromatic rings. The van der Waals surface area contributed by atoms with Crippen LogP contribution in [0.15, 0.2) is 24.5 Å². The van der Waals surface area contributed by atoms with E-state index >= 15 is 0 Å². The molecule has 1 rings (SSSR count). The number of hydrogen-bond acceptors (Lipinski definition) is 0. The van der Waals surface area contributed by atoms with Crippen LogP contribution in [0.2, 0.25) is 0 Å². The van der Waals surface area contributed by atoms with E-state index < -0.39 is 0 Å². The van der Waals surface area contributed by atoms with Gasteiger partial charge in [-0.3, -0.25) is 0 Å². The lowest BCUT2D eigenvalue weighted by molar-refractivity contribution is -0.697. The van der Waals surface area contributed by atoms with Crippen molar-refractivity contribution in [2.45, 2.75) is 78.2 Å². The molecule has 0 atom stereocenters. The monoisotopic (exact) mass is 248 g/mol. The van der Waals surface area contributed by atoms with Crippen molar-refractivity contribution in [3.05, 3.63) is 30.1 Å². The van der Waals surface area contributed by atoms with Gasteiger partial charge in [0, 0.05) is 18.1 Å². The first kappa shape index (κ1) is 15.2. The zero-order valence-electron chi connectivity index (χ0n) is 12.5. The average molecular weight is 248 g/mol. The van der Waals surface area contributed by atoms with E-state index in [-0.39, 0.29) is 0 Å². The Morgan fingerprint density at radius 1 is 1.00 bits per heavy atom. The summed E-state index contributed by atoms with van der Waals surface area (Å²) < 4.78 is 2.35. The molecule has 0 amide bonds. The lowest BCUT2D eigenvalue weighted by atomic mass is 10.1. The van der Waals surface area contributed by atoms with E-state index in [9.17, 15) is 0 Å². The SMILES string of the molecule is CCCCCCCCC[n+]1cccc(C(C)C)c1. The number of pyridine rings is 1. The van der Waals surface area contributed by atoms with Gasteiger partial charge >= 0.3 is 0 Å². The van der Waals surface area contributed by atoms with Crippen molar-refractivity contribution in [1.29, 1.82) is 0 Å². The van der Waals surface area contributed by atoms with Gasteiger partial charge in [0.05, 0.1) is 0 Å². The molecule has 0 aromatic carbocycles. The van der Waals surface area contributed by atoms with Crippen molar-refractivity contribution >= 4 is 0 Å². The van der Waals surface area contributed by atoms with Crippen molar-refractivity contribution in [3.63, 3.8) is 0 Å². The second-order valence-electron chi connectivity index (χ2n) is 5.65. The molecular weight excluding hydrogens is 218 g/mol. The molecule has 1 aromatic heterocycles. The molecule has 0 saturated heterocycles. The van der Waals surface area contributed by atoms with Crippen LogP contribution in [-0.4, -0.2) is 0 Å². The van der Waals surface area contributed by atoms with Crippen LogP contribution in [0.3, 0.4) is 0 Å². The van der Waals surface area contributed by atoms with Gasteiger partial charge in [-0.05, 0) is 18.4 Å². The number of aryl methyl sites for hydroxylation is 1. The Hall–Kier alpha value is -0.850. The number of unbranched alkanes of at least 4 members (excludes halogenated alkanes) is 6. The van der Waals surface area contributed by atoms with E-state index in [1.54, 1.807) is 0 Å². The molecule has 0 unspecified atom stereocenters. The van der Waals surface area contributed by atoms with Crippen molar-refractivity contribution in [2.75, 3.05) is 0 Å². The molecule has 0 fully saturated rings. The zero-order valence-corrected chi connectivity index (χ0v) is 12.5. The molecule has 0 radical (unpaired) electrons. The number of nitrogens with zero attached hydrogens (tertiary/aromatic N) is 1. The van der Waals surface area contributed by atoms with Gasteiger partial charge in [0.1, 0.15) is 6.54 Å². The summed E-state index contributed by atoms with van der Waals surface area (Å²) in [5, 5.41) is 0. The summed E-state index contributed by atoms with van der Waals surface area (Å²) in [5.74, 6) is 0.631. The minimum Gasteiger partial charge on any atom is -0.205 e. The smallest absolute Gasteiger partial charge is 0.172 e. The molecule has 0 N–H and O–H groups in total. The van der Waals surface area contributed by atoms with Crippen LogP contribution in [0.4, 0.5) is 0 Å². The second kappa shape index (κ2) is 9.13. The first-order valence-corrected chi connectivity index (χ1v) is 7.73. The fourth-order valence-electron chi connectivity index (χ4n) is 2.27. The molecule has 1 heterocycles. The Balaban J connectivity index is 2.17. The predicted molar refractivity (Wildman–Crippen MR) is 78.7 cm³/mol. The molecule has 0 aliphatic rings. The highest BCUT2D eigenvalue weighted by Crippen LogP contribution is 2.11. The van der Waals surface area contributed by atoms with Gasteiger partial charge in [0.2, 0.25) is 0 Å². The predicted octanol–water partition coefficient (Wildman–Crippen LogP) is 4.85. The molecule has 0 aliphatic heterocycles. The van der Waals surface area contributed by atoms with E-state index in [0.29, 0.717) is 5.92 Å². The summed E-state index contributed by atoms with van der Waals surface area (Å²) in [6, 6.07) is 4.41. The van der Waals surface area contributed by atoms with Gasteiger partial charge in [-0.1, -0.05) is 52.9 Å². The summed E-state index contributed by atoms with van der Waals surface area (Å²) in [6.07, 6.45) is 14.2. The maximum atomic E-state index is 2.35. The molecule has 0 aliphatic carbocycles. The lowest BCUT2D eigenvalue weighted by Gasteiger charge is -2.04. The van der Waals surface area contributed by atoms with Crippen LogP contribution in [0.25, 0.3) is 0 Å². The van der Waals surface area contributed by atoms with Crippen LogP contribution in [-0.2, 0) is 6.54 Å². The van der Waals surface area contributed by atoms with Crippen molar-refractivity contribution in [3.8, 4) is 0 Å². The Morgan fingerprint density at radius 2 is 1.67 bits per heavy atom. The van der Waals surface area contributed by atoms with Crippen LogP contribution >= 0.6 is 0 Å². The molecular formula is C17H30N+. The first-order chi connectivity index (χ1) is 8.74. The lowest BCUT2D eigenvalue weighted by Crippen LogP contribution is -2.33. The molecule has 1 nitrogen and oxygen atoms in total. The highest BCUT2D eigenvalue weighted by Gasteiger charge is 2.05. The third kappa shape index (κ3) is 6.18. The Kier molecular flexibility index (Phi) is 7.71. The highest BCUT2D eigenvalue weighted by molar-refractivity contribution is 5.09. The zero-order chi connectivity index (χ0) is 13.2. The maximum Gasteiger partial charge on any atom is 0.172 e. The van der Waals surface area contributed by atoms with Crippen LogP contribution in [0.1, 0.15) is 77.2 Å². The Bertz CT molecular complexity index is 317. The molecule has 0 saturated carbocycles. The summed E-state index contributed by atoms with van der Waals surface area (Å²) in [5.41, 5.74) is 1.44. The molecule has 18 heavy (non-hydrogen) atoms. The summed E-state index contributed by atoms with van der Waals surface area (Å²) in [6.45, 7) is 7.97. The van der Waals surface area contributed by atoms with Crippen molar-refractivity contribution in [2.24, 2.45) is 0 Å². The average Bonchev–Trinajstić information content (AvgIpc) is 2.38. The fraction of sp³-hybridized carbons (Fsp3) is 0.706. The van der Waals surface area contributed by atoms with Crippen LogP contribution in [0.5, 0.6) is 0 Å². The second-order valence-corrected chi connectivity index (χ2v) is 5.65. The largest absolute Gasteiger partial charge is 0.205 e. The Morgan fingerprint density at radius 3 is 2.33 bits per heavy atom. The van der Waals surface area contributed by atoms with E-state index in [2.05, 4.69) is 49.9 Å². The quantitative estimate of drug-likeness (QED) is 0.434. The van der Waals surface area contributed by atoms with E-state index in [0.717, 1.165) is 0 Å². The first-order valence-electron chi connectivity index (χ1n) is 7.73. The summed E-state index contributed by atoms with van der Waals surface area (Å²) >= 11 is 0. The van der Waals surface area contributed by atoms with E-state index in [4.69, 9.17) is 0 Å². The molecule has 1 heteroatoms. The normalized spacial score (nSPS) is 11.1. The standard InChI is InChI=1S/C17H30N/c1-4-5-6-7-8-9-10-13-18-14-11-12-17(15-18)16(2)3/h11-12,14-16H,4-10,13H2,1-3H3/q+1. The topological polar surface area (TPSA) is 3.88 Å². The maximum absolute atomic E-state index is 2.35. The van der Waals surface area contributed by atoms with Crippen molar-refractivity contribution in [1.82, 2.24) is 0 Å². The van der Waals surface area contributed by atoms with Gasteiger partial charge in [-0.2, -0.15) is 0 Å². The van der Waals surface area contributed by atoms with Crippen LogP contribution in [0, 0.1) is 0 Å². The van der Waals surface area contributed by atoms with Crippen LogP contribution < -0.4 is 4.57 Å². The number of aromatic nitrogens is 1. The van der Waals surface area contributed by atoms with Gasteiger partial charge in [0.15, 0.2) is 12.4 Å². The van der Waals surface area contributed by atoms with Gasteiger partial charge in [-0.15, -0.1) is 0 Å². The van der Waals surface area contributed by atoms with Crippen molar-refractivity contribution < 1.29 is 4.57 Å². The third-order valence-electron chi connectivity index (χ3n) is 3.57. The fourth-order valence-corrected chi connectivity index (χ4v) is 2.27. The highest BCUT2D eigenvalue weighted by atomic mass is 14.9. The minimum atomic E-state index is 0.631. The summed E-state index contributed by atoms with van der Waals surface area (Å²) in [4.78, 5) is 0. The van der Waals surface area contributed by atoms with Gasteiger partial charge in [-0.25, -0.2) is 4.57 Å². The third-order valence-corrected chi connectivity index (χ3v) is 3.57. The summed E-state index contributed by atoms with van der Waals surface area (Å²) in [7, 11) is 0. The number of hydrogen-bond donors (Lipinski definition) is 0. The van der Waals surface area contributed by atoms with Gasteiger partial charge < -0.3 is 0 Å². The minimum absolute atomic E-state index is 0.631. The van der Waals surface area contributed by atoms with E-state index in [1.807, 2.05) is 0 Å². The number of rotatable bonds is 9. The molecule has 0 spiro atoms. The molecule has 0 bridgehead atoms.